The standard InChI is InChI=1S/C28H40O9/c1-14-24(29)20(32-4)12-22(34-14)35-16-9-10-27(2)15(11-16)5-6-17-19(27)8-7-18-23-21(36-25(17)30)13-33-28(23,3)37-26(18)31/h5,7,14,16-17,19-24,26,29,31H,6,8-13H2,1-4H3/b18-7+/t14-,16+,17-,19-,20-,21-,22+,23-,24-,26-,27+,28-/m1/s1. The van der Waals surface area contributed by atoms with Crippen molar-refractivity contribution in [2.45, 2.75) is 108 Å². The van der Waals surface area contributed by atoms with Crippen molar-refractivity contribution in [2.24, 2.45) is 23.2 Å². The summed E-state index contributed by atoms with van der Waals surface area (Å²) in [6.07, 6.45) is 5.39. The number of hydrogen-bond donors (Lipinski definition) is 2. The van der Waals surface area contributed by atoms with E-state index in [9.17, 15) is 15.0 Å². The average Bonchev–Trinajstić information content (AvgIpc) is 3.31. The van der Waals surface area contributed by atoms with Crippen LogP contribution in [0.3, 0.4) is 0 Å². The molecule has 4 aliphatic heterocycles. The van der Waals surface area contributed by atoms with Crippen molar-refractivity contribution in [1.82, 2.24) is 0 Å². The summed E-state index contributed by atoms with van der Waals surface area (Å²) in [6.45, 7) is 6.19. The fourth-order valence-corrected chi connectivity index (χ4v) is 7.83. The molecular formula is C28H40O9. The van der Waals surface area contributed by atoms with Crippen molar-refractivity contribution in [1.29, 1.82) is 0 Å². The SMILES string of the molecule is CO[C@@H]1C[C@H](O[C@H]2CC[C@@]3(C)C(=CC[C@H]4C(=O)O[C@@H]5CO[C@]6(C)O[C@@H](O)/C(=C/C[C@H]43)[C@H]56)C2)O[C@H](C)[C@H]1O. The van der Waals surface area contributed by atoms with Crippen molar-refractivity contribution in [2.75, 3.05) is 13.7 Å². The third-order valence-corrected chi connectivity index (χ3v) is 10.0. The molecule has 37 heavy (non-hydrogen) atoms. The van der Waals surface area contributed by atoms with Gasteiger partial charge in [0.05, 0.1) is 36.8 Å². The molecule has 206 valence electrons. The molecule has 6 rings (SSSR count). The molecule has 9 heteroatoms. The second kappa shape index (κ2) is 9.40. The van der Waals surface area contributed by atoms with Gasteiger partial charge in [-0.3, -0.25) is 4.79 Å². The van der Waals surface area contributed by atoms with Crippen LogP contribution in [0.5, 0.6) is 0 Å². The predicted molar refractivity (Wildman–Crippen MR) is 130 cm³/mol. The van der Waals surface area contributed by atoms with E-state index in [-0.39, 0.29) is 54.1 Å². The van der Waals surface area contributed by atoms with E-state index in [0.29, 0.717) is 19.3 Å². The van der Waals surface area contributed by atoms with Gasteiger partial charge in [-0.25, -0.2) is 0 Å². The van der Waals surface area contributed by atoms with Gasteiger partial charge in [-0.2, -0.15) is 0 Å². The molecule has 0 amide bonds. The van der Waals surface area contributed by atoms with Gasteiger partial charge in [0.25, 0.3) is 0 Å². The van der Waals surface area contributed by atoms with E-state index in [4.69, 9.17) is 28.4 Å². The third kappa shape index (κ3) is 4.22. The number of aliphatic hydroxyl groups excluding tert-OH is 2. The molecule has 4 heterocycles. The van der Waals surface area contributed by atoms with Gasteiger partial charge < -0.3 is 38.6 Å². The lowest BCUT2D eigenvalue weighted by Gasteiger charge is -2.50. The van der Waals surface area contributed by atoms with E-state index in [1.54, 1.807) is 7.11 Å². The molecule has 1 saturated carbocycles. The van der Waals surface area contributed by atoms with Crippen LogP contribution in [0.4, 0.5) is 0 Å². The Morgan fingerprint density at radius 3 is 2.76 bits per heavy atom. The summed E-state index contributed by atoms with van der Waals surface area (Å²) in [5, 5.41) is 20.9. The Hall–Kier alpha value is -1.33. The van der Waals surface area contributed by atoms with Crippen LogP contribution in [0, 0.1) is 23.2 Å². The van der Waals surface area contributed by atoms with Gasteiger partial charge in [0.1, 0.15) is 12.2 Å². The first-order valence-electron chi connectivity index (χ1n) is 13.7. The number of aliphatic hydroxyl groups is 2. The van der Waals surface area contributed by atoms with Crippen molar-refractivity contribution in [3.05, 3.63) is 23.3 Å². The number of allylic oxidation sites excluding steroid dienone is 2. The maximum absolute atomic E-state index is 13.5. The number of rotatable bonds is 3. The summed E-state index contributed by atoms with van der Waals surface area (Å²) in [6, 6.07) is 0. The smallest absolute Gasteiger partial charge is 0.309 e. The zero-order valence-electron chi connectivity index (χ0n) is 22.1. The lowest BCUT2D eigenvalue weighted by Crippen LogP contribution is -2.50. The maximum atomic E-state index is 13.5. The summed E-state index contributed by atoms with van der Waals surface area (Å²) < 4.78 is 35.4. The lowest BCUT2D eigenvalue weighted by molar-refractivity contribution is -0.265. The Kier molecular flexibility index (Phi) is 6.58. The topological polar surface area (TPSA) is 113 Å². The second-order valence-electron chi connectivity index (χ2n) is 12.1. The molecule has 0 bridgehead atoms. The van der Waals surface area contributed by atoms with Gasteiger partial charge >= 0.3 is 5.97 Å². The second-order valence-corrected chi connectivity index (χ2v) is 12.1. The zero-order chi connectivity index (χ0) is 26.1. The number of carbonyl (C=O) groups excluding carboxylic acids is 1. The molecule has 0 aromatic rings. The Morgan fingerprint density at radius 2 is 1.97 bits per heavy atom. The van der Waals surface area contributed by atoms with Crippen LogP contribution < -0.4 is 0 Å². The maximum Gasteiger partial charge on any atom is 0.309 e. The number of esters is 1. The first kappa shape index (κ1) is 25.9. The van der Waals surface area contributed by atoms with Gasteiger partial charge in [0.2, 0.25) is 0 Å². The summed E-state index contributed by atoms with van der Waals surface area (Å²) in [5.74, 6) is -1.61. The molecule has 0 spiro atoms. The minimum absolute atomic E-state index is 0.00438. The van der Waals surface area contributed by atoms with Crippen molar-refractivity contribution < 1.29 is 43.4 Å². The summed E-state index contributed by atoms with van der Waals surface area (Å²) in [5.41, 5.74) is 1.92. The van der Waals surface area contributed by atoms with E-state index >= 15 is 0 Å². The summed E-state index contributed by atoms with van der Waals surface area (Å²) in [4.78, 5) is 13.5. The van der Waals surface area contributed by atoms with E-state index < -0.39 is 30.6 Å². The number of hydrogen-bond acceptors (Lipinski definition) is 9. The molecule has 9 nitrogen and oxygen atoms in total. The zero-order valence-corrected chi connectivity index (χ0v) is 22.1. The minimum atomic E-state index is -1.05. The highest BCUT2D eigenvalue weighted by molar-refractivity contribution is 5.74. The molecule has 0 unspecified atom stereocenters. The van der Waals surface area contributed by atoms with Crippen LogP contribution in [0.1, 0.15) is 59.3 Å². The van der Waals surface area contributed by atoms with Crippen LogP contribution in [0.25, 0.3) is 0 Å². The first-order chi connectivity index (χ1) is 17.6. The summed E-state index contributed by atoms with van der Waals surface area (Å²) in [7, 11) is 1.60. The molecule has 3 saturated heterocycles. The molecule has 2 N–H and O–H groups in total. The Bertz CT molecular complexity index is 979. The third-order valence-electron chi connectivity index (χ3n) is 10.0. The Balaban J connectivity index is 1.21. The average molecular weight is 521 g/mol. The van der Waals surface area contributed by atoms with Crippen molar-refractivity contribution >= 4 is 5.97 Å². The molecule has 0 aromatic carbocycles. The molecule has 0 radical (unpaired) electrons. The normalized spacial score (nSPS) is 52.9. The summed E-state index contributed by atoms with van der Waals surface area (Å²) >= 11 is 0. The van der Waals surface area contributed by atoms with Gasteiger partial charge in [0, 0.05) is 13.5 Å². The number of carbonyl (C=O) groups is 1. The lowest BCUT2D eigenvalue weighted by atomic mass is 9.55. The van der Waals surface area contributed by atoms with Crippen molar-refractivity contribution in [3.63, 3.8) is 0 Å². The van der Waals surface area contributed by atoms with E-state index in [0.717, 1.165) is 24.8 Å². The van der Waals surface area contributed by atoms with Gasteiger partial charge in [0.15, 0.2) is 18.4 Å². The van der Waals surface area contributed by atoms with Crippen LogP contribution >= 0.6 is 0 Å². The molecule has 2 aliphatic carbocycles. The van der Waals surface area contributed by atoms with E-state index in [1.165, 1.54) is 5.57 Å². The molecule has 0 aromatic heterocycles. The highest BCUT2D eigenvalue weighted by Gasteiger charge is 2.60. The quantitative estimate of drug-likeness (QED) is 0.428. The highest BCUT2D eigenvalue weighted by atomic mass is 16.8. The Labute approximate surface area is 218 Å². The number of fused-ring (bicyclic) bond motifs is 3. The first-order valence-corrected chi connectivity index (χ1v) is 13.7. The van der Waals surface area contributed by atoms with Crippen LogP contribution in [0.2, 0.25) is 0 Å². The van der Waals surface area contributed by atoms with E-state index in [1.807, 2.05) is 13.8 Å². The molecular weight excluding hydrogens is 480 g/mol. The Morgan fingerprint density at radius 1 is 1.16 bits per heavy atom. The molecule has 4 fully saturated rings. The largest absolute Gasteiger partial charge is 0.459 e. The van der Waals surface area contributed by atoms with Gasteiger partial charge in [-0.15, -0.1) is 0 Å². The van der Waals surface area contributed by atoms with E-state index in [2.05, 4.69) is 19.1 Å². The van der Waals surface area contributed by atoms with Gasteiger partial charge in [-0.1, -0.05) is 24.6 Å². The fraction of sp³-hybridized carbons (Fsp3) is 0.821. The minimum Gasteiger partial charge on any atom is -0.459 e. The monoisotopic (exact) mass is 520 g/mol. The van der Waals surface area contributed by atoms with Crippen molar-refractivity contribution in [3.8, 4) is 0 Å². The number of ether oxygens (including phenoxy) is 6. The molecule has 6 aliphatic rings. The van der Waals surface area contributed by atoms with Crippen LogP contribution in [0.15, 0.2) is 23.3 Å². The van der Waals surface area contributed by atoms with Gasteiger partial charge in [-0.05, 0) is 62.9 Å². The highest BCUT2D eigenvalue weighted by Crippen LogP contribution is 2.56. The predicted octanol–water partition coefficient (Wildman–Crippen LogP) is 2.59. The number of methoxy groups -OCH3 is 1. The van der Waals surface area contributed by atoms with Crippen LogP contribution in [-0.2, 0) is 33.2 Å². The molecule has 12 atom stereocenters. The fourth-order valence-electron chi connectivity index (χ4n) is 7.83. The van der Waals surface area contributed by atoms with Crippen LogP contribution in [-0.4, -0.2) is 78.8 Å².